The molecule has 0 fully saturated rings. The number of anilines is 2. The van der Waals surface area contributed by atoms with Gasteiger partial charge in [0.15, 0.2) is 0 Å². The topological polar surface area (TPSA) is 40.0 Å². The number of azo groups is 1. The number of hydrogen-bond donors (Lipinski definition) is 2. The number of thiol groups is 1. The molecule has 5 heteroatoms. The summed E-state index contributed by atoms with van der Waals surface area (Å²) >= 11 is 4.27. The highest BCUT2D eigenvalue weighted by Gasteiger charge is 2.05. The molecule has 0 saturated heterocycles. The summed E-state index contributed by atoms with van der Waals surface area (Å²) in [5.41, 5.74) is 4.97. The van der Waals surface area contributed by atoms with Gasteiger partial charge in [-0.25, -0.2) is 0 Å². The molecule has 0 heterocycles. The molecule has 0 saturated carbocycles. The van der Waals surface area contributed by atoms with E-state index >= 15 is 0 Å². The normalized spacial score (nSPS) is 11.8. The van der Waals surface area contributed by atoms with E-state index in [9.17, 15) is 0 Å². The first-order chi connectivity index (χ1) is 12.2. The van der Waals surface area contributed by atoms with Crippen molar-refractivity contribution in [1.82, 2.24) is 0 Å². The Kier molecular flexibility index (Phi) is 7.54. The zero-order chi connectivity index (χ0) is 18.1. The van der Waals surface area contributed by atoms with Crippen LogP contribution in [0.2, 0.25) is 0 Å². The summed E-state index contributed by atoms with van der Waals surface area (Å²) < 4.78 is 0. The van der Waals surface area contributed by atoms with E-state index < -0.39 is 0 Å². The highest BCUT2D eigenvalue weighted by Crippen LogP contribution is 2.27. The number of nitrogens with zero attached hydrogens (tertiary/aromatic N) is 3. The summed E-state index contributed by atoms with van der Waals surface area (Å²) in [5, 5.41) is 12.1. The van der Waals surface area contributed by atoms with Crippen LogP contribution in [0.3, 0.4) is 0 Å². The molecule has 2 aromatic carbocycles. The standard InChI is InChI=1S/C20H26N4S/c1-4-7-20(18-8-5-6-9-19(18)21-2)23-22-16-10-12-17(13-11-16)24(3)14-15-25/h5-13,21,25H,4,14-15H2,1-3H3/b20-7+,23-22?. The smallest absolute Gasteiger partial charge is 0.0910 e. The zero-order valence-corrected chi connectivity index (χ0v) is 16.0. The molecule has 0 radical (unpaired) electrons. The molecule has 0 atom stereocenters. The van der Waals surface area contributed by atoms with Crippen molar-refractivity contribution < 1.29 is 0 Å². The van der Waals surface area contributed by atoms with Gasteiger partial charge in [0.2, 0.25) is 0 Å². The minimum Gasteiger partial charge on any atom is -0.388 e. The van der Waals surface area contributed by atoms with Crippen molar-refractivity contribution in [3.05, 3.63) is 60.2 Å². The summed E-state index contributed by atoms with van der Waals surface area (Å²) in [6.07, 6.45) is 2.99. The summed E-state index contributed by atoms with van der Waals surface area (Å²) in [4.78, 5) is 2.17. The SMILES string of the molecule is CC/C=C(/N=Nc1ccc(N(C)CCS)cc1)c1ccccc1NC. The van der Waals surface area contributed by atoms with Crippen LogP contribution in [0.25, 0.3) is 5.70 Å². The number of hydrogen-bond acceptors (Lipinski definition) is 5. The molecular weight excluding hydrogens is 328 g/mol. The van der Waals surface area contributed by atoms with E-state index in [0.29, 0.717) is 0 Å². The molecule has 0 bridgehead atoms. The van der Waals surface area contributed by atoms with Gasteiger partial charge in [0.25, 0.3) is 0 Å². The molecule has 2 aromatic rings. The highest BCUT2D eigenvalue weighted by molar-refractivity contribution is 7.80. The predicted octanol–water partition coefficient (Wildman–Crippen LogP) is 5.63. The number of rotatable bonds is 8. The Morgan fingerprint density at radius 1 is 1.16 bits per heavy atom. The van der Waals surface area contributed by atoms with Crippen LogP contribution in [-0.2, 0) is 0 Å². The first kappa shape index (κ1) is 19.1. The highest BCUT2D eigenvalue weighted by atomic mass is 32.1. The predicted molar refractivity (Wildman–Crippen MR) is 112 cm³/mol. The van der Waals surface area contributed by atoms with Crippen LogP contribution >= 0.6 is 12.6 Å². The molecule has 0 aliphatic carbocycles. The molecule has 4 nitrogen and oxygen atoms in total. The molecule has 0 aliphatic rings. The fourth-order valence-electron chi connectivity index (χ4n) is 2.49. The third-order valence-electron chi connectivity index (χ3n) is 3.87. The van der Waals surface area contributed by atoms with Gasteiger partial charge in [-0.3, -0.25) is 0 Å². The van der Waals surface area contributed by atoms with E-state index in [1.165, 1.54) is 0 Å². The molecule has 1 N–H and O–H groups in total. The first-order valence-electron chi connectivity index (χ1n) is 8.50. The van der Waals surface area contributed by atoms with E-state index in [4.69, 9.17) is 0 Å². The Hall–Kier alpha value is -2.27. The first-order valence-corrected chi connectivity index (χ1v) is 9.14. The van der Waals surface area contributed by atoms with Gasteiger partial charge in [0, 0.05) is 43.3 Å². The van der Waals surface area contributed by atoms with Crippen molar-refractivity contribution >= 4 is 35.4 Å². The zero-order valence-electron chi connectivity index (χ0n) is 15.1. The fraction of sp³-hybridized carbons (Fsp3) is 0.300. The Balaban J connectivity index is 2.21. The van der Waals surface area contributed by atoms with Crippen molar-refractivity contribution in [3.63, 3.8) is 0 Å². The minimum absolute atomic E-state index is 0.827. The lowest BCUT2D eigenvalue weighted by atomic mass is 10.1. The molecule has 0 unspecified atom stereocenters. The number of allylic oxidation sites excluding steroid dienone is 1. The van der Waals surface area contributed by atoms with Crippen molar-refractivity contribution in [2.24, 2.45) is 10.2 Å². The monoisotopic (exact) mass is 354 g/mol. The molecule has 0 amide bonds. The lowest BCUT2D eigenvalue weighted by Gasteiger charge is -2.17. The number of para-hydroxylation sites is 1. The van der Waals surface area contributed by atoms with Gasteiger partial charge in [-0.2, -0.15) is 22.9 Å². The Morgan fingerprint density at radius 2 is 1.88 bits per heavy atom. The largest absolute Gasteiger partial charge is 0.388 e. The van der Waals surface area contributed by atoms with Gasteiger partial charge < -0.3 is 10.2 Å². The molecule has 132 valence electrons. The maximum Gasteiger partial charge on any atom is 0.0910 e. The lowest BCUT2D eigenvalue weighted by molar-refractivity contribution is 0.979. The second kappa shape index (κ2) is 9.89. The quantitative estimate of drug-likeness (QED) is 0.476. The van der Waals surface area contributed by atoms with Crippen LogP contribution in [0.15, 0.2) is 64.8 Å². The van der Waals surface area contributed by atoms with E-state index in [1.54, 1.807) is 0 Å². The summed E-state index contributed by atoms with van der Waals surface area (Å²) in [6.45, 7) is 3.01. The van der Waals surface area contributed by atoms with Gasteiger partial charge >= 0.3 is 0 Å². The molecule has 2 rings (SSSR count). The lowest BCUT2D eigenvalue weighted by Crippen LogP contribution is -2.19. The van der Waals surface area contributed by atoms with Crippen molar-refractivity contribution in [3.8, 4) is 0 Å². The van der Waals surface area contributed by atoms with Gasteiger partial charge in [-0.1, -0.05) is 31.2 Å². The van der Waals surface area contributed by atoms with Gasteiger partial charge in [-0.15, -0.1) is 0 Å². The Bertz CT molecular complexity index is 723. The Morgan fingerprint density at radius 3 is 2.52 bits per heavy atom. The van der Waals surface area contributed by atoms with Crippen molar-refractivity contribution in [1.29, 1.82) is 0 Å². The maximum absolute atomic E-state index is 4.49. The minimum atomic E-state index is 0.827. The average molecular weight is 355 g/mol. The Labute approximate surface area is 156 Å². The summed E-state index contributed by atoms with van der Waals surface area (Å²) in [7, 11) is 3.98. The van der Waals surface area contributed by atoms with Crippen LogP contribution < -0.4 is 10.2 Å². The van der Waals surface area contributed by atoms with Crippen LogP contribution in [0, 0.1) is 0 Å². The third kappa shape index (κ3) is 5.36. The number of nitrogens with one attached hydrogen (secondary N) is 1. The second-order valence-corrected chi connectivity index (χ2v) is 6.10. The van der Waals surface area contributed by atoms with Gasteiger partial charge in [-0.05, 0) is 36.8 Å². The van der Waals surface area contributed by atoms with Gasteiger partial charge in [0.1, 0.15) is 0 Å². The van der Waals surface area contributed by atoms with E-state index in [0.717, 1.165) is 47.0 Å². The maximum atomic E-state index is 4.49. The fourth-order valence-corrected chi connectivity index (χ4v) is 2.79. The van der Waals surface area contributed by atoms with Crippen molar-refractivity contribution in [2.45, 2.75) is 13.3 Å². The molecule has 0 spiro atoms. The van der Waals surface area contributed by atoms with Crippen molar-refractivity contribution in [2.75, 3.05) is 36.6 Å². The second-order valence-electron chi connectivity index (χ2n) is 5.65. The third-order valence-corrected chi connectivity index (χ3v) is 4.07. The van der Waals surface area contributed by atoms with E-state index in [1.807, 2.05) is 37.4 Å². The molecule has 0 aromatic heterocycles. The average Bonchev–Trinajstić information content (AvgIpc) is 2.65. The summed E-state index contributed by atoms with van der Waals surface area (Å²) in [6, 6.07) is 16.2. The van der Waals surface area contributed by atoms with Gasteiger partial charge in [0.05, 0.1) is 11.4 Å². The molecule has 0 aliphatic heterocycles. The summed E-state index contributed by atoms with van der Waals surface area (Å²) in [5.74, 6) is 0.827. The molecule has 25 heavy (non-hydrogen) atoms. The number of benzene rings is 2. The van der Waals surface area contributed by atoms with E-state index in [-0.39, 0.29) is 0 Å². The van der Waals surface area contributed by atoms with Crippen LogP contribution in [0.4, 0.5) is 17.1 Å². The van der Waals surface area contributed by atoms with Crippen LogP contribution in [-0.4, -0.2) is 26.4 Å². The van der Waals surface area contributed by atoms with Crippen LogP contribution in [0.1, 0.15) is 18.9 Å². The van der Waals surface area contributed by atoms with E-state index in [2.05, 4.69) is 71.3 Å². The van der Waals surface area contributed by atoms with Crippen LogP contribution in [0.5, 0.6) is 0 Å². The molecular formula is C20H26N4S.